The highest BCUT2D eigenvalue weighted by molar-refractivity contribution is 5.94. The number of carbonyl (C=O) groups is 1. The fourth-order valence-electron chi connectivity index (χ4n) is 2.30. The maximum atomic E-state index is 11.3. The van der Waals surface area contributed by atoms with Crippen molar-refractivity contribution in [2.24, 2.45) is 5.73 Å². The van der Waals surface area contributed by atoms with Crippen LogP contribution in [0.4, 0.5) is 0 Å². The molecular formula is C14H20N2O3. The molecule has 5 heteroatoms. The number of carbonyl (C=O) groups excluding carboxylic acids is 1. The van der Waals surface area contributed by atoms with Crippen LogP contribution in [0.3, 0.4) is 0 Å². The number of benzene rings is 1. The molecule has 0 aromatic heterocycles. The van der Waals surface area contributed by atoms with E-state index in [9.17, 15) is 4.79 Å². The average Bonchev–Trinajstić information content (AvgIpc) is 2.88. The Labute approximate surface area is 113 Å². The van der Waals surface area contributed by atoms with E-state index >= 15 is 0 Å². The van der Waals surface area contributed by atoms with Crippen molar-refractivity contribution in [3.63, 3.8) is 0 Å². The van der Waals surface area contributed by atoms with Gasteiger partial charge in [0.2, 0.25) is 5.91 Å². The molecule has 1 aromatic rings. The molecule has 1 amide bonds. The highest BCUT2D eigenvalue weighted by Gasteiger charge is 2.34. The Morgan fingerprint density at radius 1 is 1.53 bits per heavy atom. The maximum Gasteiger partial charge on any atom is 0.249 e. The topological polar surface area (TPSA) is 73.6 Å². The Bertz CT molecular complexity index is 442. The zero-order valence-electron chi connectivity index (χ0n) is 11.1. The normalized spacial score (nSPS) is 22.6. The molecular weight excluding hydrogens is 244 g/mol. The largest absolute Gasteiger partial charge is 0.378 e. The Balaban J connectivity index is 1.94. The van der Waals surface area contributed by atoms with E-state index in [1.54, 1.807) is 13.2 Å². The lowest BCUT2D eigenvalue weighted by molar-refractivity contribution is -0.0159. The van der Waals surface area contributed by atoms with E-state index in [-0.39, 0.29) is 5.60 Å². The molecule has 3 N–H and O–H groups in total. The number of amides is 1. The van der Waals surface area contributed by atoms with E-state index in [1.165, 1.54) is 0 Å². The molecule has 0 saturated carbocycles. The van der Waals surface area contributed by atoms with Gasteiger partial charge in [-0.2, -0.15) is 0 Å². The van der Waals surface area contributed by atoms with Gasteiger partial charge in [-0.25, -0.2) is 0 Å². The van der Waals surface area contributed by atoms with Crippen LogP contribution in [0.2, 0.25) is 0 Å². The van der Waals surface area contributed by atoms with Crippen molar-refractivity contribution in [2.45, 2.75) is 18.6 Å². The molecule has 1 aliphatic rings. The molecule has 0 aliphatic carbocycles. The Morgan fingerprint density at radius 3 is 2.95 bits per heavy atom. The van der Waals surface area contributed by atoms with Crippen LogP contribution in [0.15, 0.2) is 24.3 Å². The predicted octanol–water partition coefficient (Wildman–Crippen LogP) is 0.681. The molecule has 1 aromatic carbocycles. The second kappa shape index (κ2) is 6.14. The number of hydrogen-bond acceptors (Lipinski definition) is 4. The molecule has 19 heavy (non-hydrogen) atoms. The van der Waals surface area contributed by atoms with Crippen molar-refractivity contribution >= 4 is 5.91 Å². The predicted molar refractivity (Wildman–Crippen MR) is 71.8 cm³/mol. The van der Waals surface area contributed by atoms with Crippen LogP contribution in [0.25, 0.3) is 0 Å². The summed E-state index contributed by atoms with van der Waals surface area (Å²) in [6.07, 6.45) is 0.883. The summed E-state index contributed by atoms with van der Waals surface area (Å²) < 4.78 is 10.9. The van der Waals surface area contributed by atoms with E-state index in [1.807, 2.05) is 18.2 Å². The zero-order chi connectivity index (χ0) is 13.7. The minimum atomic E-state index is -0.400. The van der Waals surface area contributed by atoms with Crippen LogP contribution in [-0.4, -0.2) is 38.4 Å². The standard InChI is InChI=1S/C14H20N2O3/c1-18-14(6-7-19-10-14)9-16-8-11-4-2-3-5-12(11)13(15)17/h2-5,16H,6-10H2,1H3,(H2,15,17). The first-order chi connectivity index (χ1) is 9.17. The SMILES string of the molecule is COC1(CNCc2ccccc2C(N)=O)CCOC1. The third kappa shape index (κ3) is 3.32. The van der Waals surface area contributed by atoms with E-state index in [0.717, 1.165) is 18.6 Å². The van der Waals surface area contributed by atoms with Gasteiger partial charge < -0.3 is 20.5 Å². The summed E-state index contributed by atoms with van der Waals surface area (Å²) in [6.45, 7) is 2.61. The van der Waals surface area contributed by atoms with Crippen molar-refractivity contribution < 1.29 is 14.3 Å². The van der Waals surface area contributed by atoms with Gasteiger partial charge in [0.1, 0.15) is 5.60 Å². The average molecular weight is 264 g/mol. The fraction of sp³-hybridized carbons (Fsp3) is 0.500. The van der Waals surface area contributed by atoms with Crippen LogP contribution < -0.4 is 11.1 Å². The molecule has 1 atom stereocenters. The number of hydrogen-bond donors (Lipinski definition) is 2. The summed E-state index contributed by atoms with van der Waals surface area (Å²) >= 11 is 0. The highest BCUT2D eigenvalue weighted by atomic mass is 16.5. The first-order valence-corrected chi connectivity index (χ1v) is 6.38. The van der Waals surface area contributed by atoms with Crippen LogP contribution in [0, 0.1) is 0 Å². The number of rotatable bonds is 6. The Hall–Kier alpha value is -1.43. The minimum Gasteiger partial charge on any atom is -0.378 e. The van der Waals surface area contributed by atoms with Gasteiger partial charge in [-0.1, -0.05) is 18.2 Å². The Morgan fingerprint density at radius 2 is 2.32 bits per heavy atom. The van der Waals surface area contributed by atoms with Crippen molar-refractivity contribution in [2.75, 3.05) is 26.9 Å². The highest BCUT2D eigenvalue weighted by Crippen LogP contribution is 2.21. The zero-order valence-corrected chi connectivity index (χ0v) is 11.1. The molecule has 104 valence electrons. The number of primary amides is 1. The first-order valence-electron chi connectivity index (χ1n) is 6.38. The molecule has 1 aliphatic heterocycles. The third-order valence-electron chi connectivity index (χ3n) is 3.55. The lowest BCUT2D eigenvalue weighted by atomic mass is 10.0. The van der Waals surface area contributed by atoms with Crippen LogP contribution in [0.1, 0.15) is 22.3 Å². The van der Waals surface area contributed by atoms with E-state index in [0.29, 0.717) is 25.3 Å². The van der Waals surface area contributed by atoms with Crippen molar-refractivity contribution in [3.8, 4) is 0 Å². The molecule has 1 heterocycles. The minimum absolute atomic E-state index is 0.248. The van der Waals surface area contributed by atoms with Crippen LogP contribution in [-0.2, 0) is 16.0 Å². The molecule has 0 bridgehead atoms. The molecule has 5 nitrogen and oxygen atoms in total. The monoisotopic (exact) mass is 264 g/mol. The van der Waals surface area contributed by atoms with Crippen molar-refractivity contribution in [1.82, 2.24) is 5.32 Å². The smallest absolute Gasteiger partial charge is 0.249 e. The van der Waals surface area contributed by atoms with Crippen molar-refractivity contribution in [3.05, 3.63) is 35.4 Å². The number of methoxy groups -OCH3 is 1. The third-order valence-corrected chi connectivity index (χ3v) is 3.55. The summed E-state index contributed by atoms with van der Waals surface area (Å²) in [5.74, 6) is -0.400. The van der Waals surface area contributed by atoms with Crippen LogP contribution in [0.5, 0.6) is 0 Å². The fourth-order valence-corrected chi connectivity index (χ4v) is 2.30. The first kappa shape index (κ1) is 14.0. The molecule has 1 unspecified atom stereocenters. The second-order valence-corrected chi connectivity index (χ2v) is 4.81. The molecule has 1 saturated heterocycles. The summed E-state index contributed by atoms with van der Waals surface area (Å²) in [6, 6.07) is 7.35. The van der Waals surface area contributed by atoms with E-state index in [4.69, 9.17) is 15.2 Å². The summed E-state index contributed by atoms with van der Waals surface area (Å²) in [5, 5.41) is 3.32. The molecule has 2 rings (SSSR count). The van der Waals surface area contributed by atoms with Crippen molar-refractivity contribution in [1.29, 1.82) is 0 Å². The second-order valence-electron chi connectivity index (χ2n) is 4.81. The lowest BCUT2D eigenvalue weighted by Crippen LogP contribution is -2.42. The number of nitrogens with one attached hydrogen (secondary N) is 1. The quantitative estimate of drug-likeness (QED) is 0.792. The molecule has 0 radical (unpaired) electrons. The molecule has 0 spiro atoms. The van der Waals surface area contributed by atoms with E-state index in [2.05, 4.69) is 5.32 Å². The van der Waals surface area contributed by atoms with Gasteiger partial charge in [0, 0.05) is 38.8 Å². The van der Waals surface area contributed by atoms with Gasteiger partial charge in [0.05, 0.1) is 6.61 Å². The van der Waals surface area contributed by atoms with Gasteiger partial charge in [-0.3, -0.25) is 4.79 Å². The van der Waals surface area contributed by atoms with Gasteiger partial charge in [0.15, 0.2) is 0 Å². The van der Waals surface area contributed by atoms with Gasteiger partial charge in [0.25, 0.3) is 0 Å². The summed E-state index contributed by atoms with van der Waals surface area (Å²) in [5.41, 5.74) is 6.56. The maximum absolute atomic E-state index is 11.3. The number of nitrogens with two attached hydrogens (primary N) is 1. The van der Waals surface area contributed by atoms with Crippen LogP contribution >= 0.6 is 0 Å². The van der Waals surface area contributed by atoms with Gasteiger partial charge in [-0.05, 0) is 11.6 Å². The Kier molecular flexibility index (Phi) is 4.52. The summed E-state index contributed by atoms with van der Waals surface area (Å²) in [4.78, 5) is 11.3. The van der Waals surface area contributed by atoms with Gasteiger partial charge in [-0.15, -0.1) is 0 Å². The van der Waals surface area contributed by atoms with Gasteiger partial charge >= 0.3 is 0 Å². The molecule has 1 fully saturated rings. The number of ether oxygens (including phenoxy) is 2. The van der Waals surface area contributed by atoms with E-state index < -0.39 is 5.91 Å². The lowest BCUT2D eigenvalue weighted by Gasteiger charge is -2.26. The summed E-state index contributed by atoms with van der Waals surface area (Å²) in [7, 11) is 1.70.